The first-order valence-corrected chi connectivity index (χ1v) is 11.8. The molecule has 168 valence electrons. The molecule has 2 aromatic rings. The van der Waals surface area contributed by atoms with E-state index in [4.69, 9.17) is 0 Å². The van der Waals surface area contributed by atoms with Crippen molar-refractivity contribution >= 4 is 39.5 Å². The molecule has 4 rings (SSSR count). The van der Waals surface area contributed by atoms with Crippen LogP contribution >= 0.6 is 15.9 Å². The van der Waals surface area contributed by atoms with Gasteiger partial charge in [0, 0.05) is 41.4 Å². The molecule has 0 saturated carbocycles. The summed E-state index contributed by atoms with van der Waals surface area (Å²) in [6, 6.07) is 15.9. The number of hydrogen-bond donors (Lipinski definition) is 2. The molecule has 2 fully saturated rings. The van der Waals surface area contributed by atoms with E-state index in [-0.39, 0.29) is 23.9 Å². The van der Waals surface area contributed by atoms with Crippen molar-refractivity contribution in [2.75, 3.05) is 25.0 Å². The van der Waals surface area contributed by atoms with Gasteiger partial charge >= 0.3 is 6.03 Å². The number of nitrogens with zero attached hydrogens (tertiary/aromatic N) is 2. The normalized spacial score (nSPS) is 19.0. The van der Waals surface area contributed by atoms with E-state index in [0.717, 1.165) is 16.6 Å². The van der Waals surface area contributed by atoms with Crippen LogP contribution in [0.5, 0.6) is 0 Å². The summed E-state index contributed by atoms with van der Waals surface area (Å²) in [6.45, 7) is 1.75. The summed E-state index contributed by atoms with van der Waals surface area (Å²) >= 11 is 3.39. The van der Waals surface area contributed by atoms with Crippen LogP contribution in [0.4, 0.5) is 10.5 Å². The summed E-state index contributed by atoms with van der Waals surface area (Å²) in [5.74, 6) is -0.0809. The first kappa shape index (κ1) is 22.3. The van der Waals surface area contributed by atoms with Gasteiger partial charge in [0.05, 0.1) is 0 Å². The van der Waals surface area contributed by atoms with E-state index in [1.54, 1.807) is 17.0 Å². The average molecular weight is 499 g/mol. The molecule has 2 aliphatic heterocycles. The third-order valence-corrected chi connectivity index (χ3v) is 6.59. The number of urea groups is 1. The zero-order valence-corrected chi connectivity index (χ0v) is 19.4. The highest BCUT2D eigenvalue weighted by Crippen LogP contribution is 2.24. The van der Waals surface area contributed by atoms with Crippen LogP contribution in [0.1, 0.15) is 36.0 Å². The van der Waals surface area contributed by atoms with Crippen molar-refractivity contribution in [2.45, 2.75) is 37.8 Å². The van der Waals surface area contributed by atoms with Crippen molar-refractivity contribution < 1.29 is 14.4 Å². The van der Waals surface area contributed by atoms with Crippen LogP contribution < -0.4 is 10.6 Å². The number of carbonyl (C=O) groups is 3. The van der Waals surface area contributed by atoms with E-state index in [1.165, 1.54) is 0 Å². The highest BCUT2D eigenvalue weighted by Gasteiger charge is 2.38. The Hall–Kier alpha value is -2.87. The number of nitrogens with one attached hydrogen (secondary N) is 2. The number of benzene rings is 2. The third kappa shape index (κ3) is 5.30. The molecule has 2 aromatic carbocycles. The van der Waals surface area contributed by atoms with E-state index < -0.39 is 6.04 Å². The van der Waals surface area contributed by atoms with Crippen LogP contribution in [-0.4, -0.2) is 59.4 Å². The van der Waals surface area contributed by atoms with Gasteiger partial charge in [0.15, 0.2) is 0 Å². The van der Waals surface area contributed by atoms with Crippen molar-refractivity contribution in [3.8, 4) is 0 Å². The number of hydrogen-bond acceptors (Lipinski definition) is 3. The fourth-order valence-corrected chi connectivity index (χ4v) is 4.62. The predicted molar refractivity (Wildman–Crippen MR) is 126 cm³/mol. The lowest BCUT2D eigenvalue weighted by Crippen LogP contribution is -2.52. The molecule has 32 heavy (non-hydrogen) atoms. The Labute approximate surface area is 196 Å². The second-order valence-electron chi connectivity index (χ2n) is 8.23. The van der Waals surface area contributed by atoms with Gasteiger partial charge in [-0.1, -0.05) is 34.1 Å². The van der Waals surface area contributed by atoms with Gasteiger partial charge in [0.1, 0.15) is 6.04 Å². The van der Waals surface area contributed by atoms with Crippen LogP contribution in [0.3, 0.4) is 0 Å². The predicted octanol–water partition coefficient (Wildman–Crippen LogP) is 3.87. The molecule has 4 amide bonds. The van der Waals surface area contributed by atoms with Gasteiger partial charge in [-0.05, 0) is 62.1 Å². The van der Waals surface area contributed by atoms with Crippen LogP contribution in [0.15, 0.2) is 59.1 Å². The second kappa shape index (κ2) is 10.2. The molecule has 0 bridgehead atoms. The standard InChI is InChI=1S/C24H27BrN4O3/c25-18-10-8-17(9-11-18)22(30)29-14-4-7-21(29)23(31)28-15-12-20(13-16-28)27-24(32)26-19-5-2-1-3-6-19/h1-3,5-6,8-11,20-21H,4,7,12-16H2,(H2,26,27,32). The van der Waals surface area contributed by atoms with Crippen LogP contribution in [0.25, 0.3) is 0 Å². The summed E-state index contributed by atoms with van der Waals surface area (Å²) in [6.07, 6.45) is 2.91. The lowest BCUT2D eigenvalue weighted by Gasteiger charge is -2.35. The first-order valence-electron chi connectivity index (χ1n) is 11.0. The molecular weight excluding hydrogens is 472 g/mol. The van der Waals surface area contributed by atoms with Gasteiger partial charge in [0.25, 0.3) is 5.91 Å². The molecule has 0 aromatic heterocycles. The number of anilines is 1. The Morgan fingerprint density at radius 1 is 0.875 bits per heavy atom. The van der Waals surface area contributed by atoms with Crippen molar-refractivity contribution in [3.05, 3.63) is 64.6 Å². The molecule has 8 heteroatoms. The molecule has 0 aliphatic carbocycles. The molecule has 1 unspecified atom stereocenters. The topological polar surface area (TPSA) is 81.8 Å². The minimum absolute atomic E-state index is 0.0140. The molecule has 2 saturated heterocycles. The number of rotatable bonds is 4. The highest BCUT2D eigenvalue weighted by atomic mass is 79.9. The third-order valence-electron chi connectivity index (χ3n) is 6.06. The summed E-state index contributed by atoms with van der Waals surface area (Å²) < 4.78 is 0.914. The zero-order valence-electron chi connectivity index (χ0n) is 17.8. The minimum atomic E-state index is -0.406. The Morgan fingerprint density at radius 2 is 1.56 bits per heavy atom. The Bertz CT molecular complexity index is 959. The Kier molecular flexibility index (Phi) is 7.09. The van der Waals surface area contributed by atoms with Crippen molar-refractivity contribution in [1.82, 2.24) is 15.1 Å². The summed E-state index contributed by atoms with van der Waals surface area (Å²) in [5.41, 5.74) is 1.34. The van der Waals surface area contributed by atoms with Gasteiger partial charge in [-0.3, -0.25) is 9.59 Å². The van der Waals surface area contributed by atoms with Crippen molar-refractivity contribution in [1.29, 1.82) is 0 Å². The largest absolute Gasteiger partial charge is 0.341 e. The molecule has 7 nitrogen and oxygen atoms in total. The molecule has 0 spiro atoms. The number of amides is 4. The van der Waals surface area contributed by atoms with E-state index in [0.29, 0.717) is 44.5 Å². The summed E-state index contributed by atoms with van der Waals surface area (Å²) in [5, 5.41) is 5.82. The van der Waals surface area contributed by atoms with Crippen LogP contribution in [-0.2, 0) is 4.79 Å². The molecule has 2 aliphatic rings. The lowest BCUT2D eigenvalue weighted by molar-refractivity contribution is -0.136. The van der Waals surface area contributed by atoms with E-state index in [1.807, 2.05) is 47.4 Å². The molecule has 2 N–H and O–H groups in total. The number of likely N-dealkylation sites (tertiary alicyclic amines) is 2. The van der Waals surface area contributed by atoms with Gasteiger partial charge in [-0.15, -0.1) is 0 Å². The molecular formula is C24H27BrN4O3. The average Bonchev–Trinajstić information content (AvgIpc) is 3.30. The molecule has 0 radical (unpaired) electrons. The molecule has 1 atom stereocenters. The maximum atomic E-state index is 13.2. The first-order chi connectivity index (χ1) is 15.5. The van der Waals surface area contributed by atoms with Crippen LogP contribution in [0, 0.1) is 0 Å². The van der Waals surface area contributed by atoms with E-state index in [2.05, 4.69) is 26.6 Å². The lowest BCUT2D eigenvalue weighted by atomic mass is 10.0. The number of halogens is 1. The summed E-state index contributed by atoms with van der Waals surface area (Å²) in [4.78, 5) is 41.9. The van der Waals surface area contributed by atoms with Crippen LogP contribution in [0.2, 0.25) is 0 Å². The SMILES string of the molecule is O=C(Nc1ccccc1)NC1CCN(C(=O)C2CCCN2C(=O)c2ccc(Br)cc2)CC1. The zero-order chi connectivity index (χ0) is 22.5. The summed E-state index contributed by atoms with van der Waals surface area (Å²) in [7, 11) is 0. The minimum Gasteiger partial charge on any atom is -0.341 e. The number of para-hydroxylation sites is 1. The van der Waals surface area contributed by atoms with Gasteiger partial charge in [0.2, 0.25) is 5.91 Å². The smallest absolute Gasteiger partial charge is 0.319 e. The van der Waals surface area contributed by atoms with Gasteiger partial charge < -0.3 is 20.4 Å². The van der Waals surface area contributed by atoms with Gasteiger partial charge in [-0.2, -0.15) is 0 Å². The van der Waals surface area contributed by atoms with Crippen molar-refractivity contribution in [2.24, 2.45) is 0 Å². The van der Waals surface area contributed by atoms with E-state index >= 15 is 0 Å². The highest BCUT2D eigenvalue weighted by molar-refractivity contribution is 9.10. The fraction of sp³-hybridized carbons (Fsp3) is 0.375. The number of piperidine rings is 1. The fourth-order valence-electron chi connectivity index (χ4n) is 4.35. The molecule has 2 heterocycles. The number of carbonyl (C=O) groups excluding carboxylic acids is 3. The monoisotopic (exact) mass is 498 g/mol. The maximum Gasteiger partial charge on any atom is 0.319 e. The van der Waals surface area contributed by atoms with E-state index in [9.17, 15) is 14.4 Å². The Morgan fingerprint density at radius 3 is 2.25 bits per heavy atom. The maximum absolute atomic E-state index is 13.2. The van der Waals surface area contributed by atoms with Gasteiger partial charge in [-0.25, -0.2) is 4.79 Å². The van der Waals surface area contributed by atoms with Crippen molar-refractivity contribution in [3.63, 3.8) is 0 Å². The Balaban J connectivity index is 1.29. The quantitative estimate of drug-likeness (QED) is 0.671. The second-order valence-corrected chi connectivity index (χ2v) is 9.14.